The maximum Gasteiger partial charge on any atom is 0.122 e. The van der Waals surface area contributed by atoms with Gasteiger partial charge in [0.1, 0.15) is 5.75 Å². The van der Waals surface area contributed by atoms with E-state index in [0.29, 0.717) is 0 Å². The summed E-state index contributed by atoms with van der Waals surface area (Å²) < 4.78 is 5.33. The molecule has 0 saturated heterocycles. The van der Waals surface area contributed by atoms with Crippen LogP contribution in [-0.4, -0.2) is 12.2 Å². The zero-order chi connectivity index (χ0) is 12.8. The first kappa shape index (κ1) is 13.0. The van der Waals surface area contributed by atoms with Gasteiger partial charge in [0, 0.05) is 16.2 Å². The Morgan fingerprint density at radius 3 is 2.72 bits per heavy atom. The van der Waals surface area contributed by atoms with Gasteiger partial charge in [-0.05, 0) is 23.8 Å². The van der Waals surface area contributed by atoms with Gasteiger partial charge in [-0.2, -0.15) is 0 Å². The number of thioether (sulfide) groups is 1. The average molecular weight is 260 g/mol. The highest BCUT2D eigenvalue weighted by atomic mass is 32.2. The van der Waals surface area contributed by atoms with E-state index in [2.05, 4.69) is 12.1 Å². The lowest BCUT2D eigenvalue weighted by Crippen LogP contribution is -1.89. The monoisotopic (exact) mass is 260 g/mol. The minimum absolute atomic E-state index is 0.0864. The van der Waals surface area contributed by atoms with Gasteiger partial charge < -0.3 is 9.84 Å². The standard InChI is InChI=1S/C15H16O2S/c1-17-15-8-3-2-6-13(15)11-18-14-7-4-5-12(9-14)10-16/h2-9,16H,10-11H2,1H3. The first-order chi connectivity index (χ1) is 8.83. The Kier molecular flexibility index (Phi) is 4.67. The summed E-state index contributed by atoms with van der Waals surface area (Å²) in [5, 5.41) is 9.10. The van der Waals surface area contributed by atoms with Gasteiger partial charge in [-0.15, -0.1) is 11.8 Å². The van der Waals surface area contributed by atoms with Gasteiger partial charge in [0.25, 0.3) is 0 Å². The van der Waals surface area contributed by atoms with Gasteiger partial charge in [-0.1, -0.05) is 30.3 Å². The largest absolute Gasteiger partial charge is 0.496 e. The summed E-state index contributed by atoms with van der Waals surface area (Å²) in [6.07, 6.45) is 0. The van der Waals surface area contributed by atoms with Crippen molar-refractivity contribution in [2.75, 3.05) is 7.11 Å². The predicted molar refractivity (Wildman–Crippen MR) is 74.9 cm³/mol. The number of benzene rings is 2. The van der Waals surface area contributed by atoms with E-state index >= 15 is 0 Å². The number of aliphatic hydroxyl groups is 1. The summed E-state index contributed by atoms with van der Waals surface area (Å²) in [6.45, 7) is 0.0864. The topological polar surface area (TPSA) is 29.5 Å². The van der Waals surface area contributed by atoms with Crippen molar-refractivity contribution < 1.29 is 9.84 Å². The molecule has 94 valence electrons. The number of rotatable bonds is 5. The van der Waals surface area contributed by atoms with Crippen molar-refractivity contribution in [3.8, 4) is 5.75 Å². The molecule has 0 amide bonds. The Morgan fingerprint density at radius 2 is 1.94 bits per heavy atom. The van der Waals surface area contributed by atoms with E-state index < -0.39 is 0 Å². The van der Waals surface area contributed by atoms with Crippen LogP contribution in [0.2, 0.25) is 0 Å². The van der Waals surface area contributed by atoms with E-state index in [1.54, 1.807) is 18.9 Å². The molecular weight excluding hydrogens is 244 g/mol. The molecule has 0 atom stereocenters. The van der Waals surface area contributed by atoms with Crippen molar-refractivity contribution in [3.63, 3.8) is 0 Å². The quantitative estimate of drug-likeness (QED) is 0.835. The Morgan fingerprint density at radius 1 is 1.11 bits per heavy atom. The molecule has 0 saturated carbocycles. The number of hydrogen-bond acceptors (Lipinski definition) is 3. The SMILES string of the molecule is COc1ccccc1CSc1cccc(CO)c1. The van der Waals surface area contributed by atoms with E-state index in [1.807, 2.05) is 36.4 Å². The summed E-state index contributed by atoms with van der Waals surface area (Å²) in [7, 11) is 1.69. The van der Waals surface area contributed by atoms with Crippen molar-refractivity contribution in [1.29, 1.82) is 0 Å². The van der Waals surface area contributed by atoms with Crippen LogP contribution in [0.25, 0.3) is 0 Å². The number of methoxy groups -OCH3 is 1. The normalized spacial score (nSPS) is 10.3. The van der Waals surface area contributed by atoms with E-state index in [9.17, 15) is 0 Å². The molecule has 0 radical (unpaired) electrons. The second-order valence-corrected chi connectivity index (χ2v) is 4.95. The third kappa shape index (κ3) is 3.28. The van der Waals surface area contributed by atoms with Crippen molar-refractivity contribution in [2.45, 2.75) is 17.3 Å². The van der Waals surface area contributed by atoms with E-state index in [4.69, 9.17) is 9.84 Å². The number of para-hydroxylation sites is 1. The highest BCUT2D eigenvalue weighted by Gasteiger charge is 2.03. The van der Waals surface area contributed by atoms with Crippen LogP contribution < -0.4 is 4.74 Å². The lowest BCUT2D eigenvalue weighted by molar-refractivity contribution is 0.281. The fourth-order valence-corrected chi connectivity index (χ4v) is 2.69. The second kappa shape index (κ2) is 6.47. The van der Waals surface area contributed by atoms with Crippen molar-refractivity contribution in [1.82, 2.24) is 0 Å². The molecule has 0 aliphatic rings. The molecule has 2 aromatic carbocycles. The van der Waals surface area contributed by atoms with Crippen LogP contribution in [0.4, 0.5) is 0 Å². The molecule has 0 heterocycles. The lowest BCUT2D eigenvalue weighted by atomic mass is 10.2. The van der Waals surface area contributed by atoms with Gasteiger partial charge in [0.2, 0.25) is 0 Å². The Hall–Kier alpha value is -1.45. The lowest BCUT2D eigenvalue weighted by Gasteiger charge is -2.08. The zero-order valence-electron chi connectivity index (χ0n) is 10.3. The fourth-order valence-electron chi connectivity index (χ4n) is 1.72. The molecular formula is C15H16O2S. The van der Waals surface area contributed by atoms with Gasteiger partial charge in [-0.3, -0.25) is 0 Å². The molecule has 2 aromatic rings. The Balaban J connectivity index is 2.06. The number of aliphatic hydroxyl groups excluding tert-OH is 1. The third-order valence-corrected chi connectivity index (χ3v) is 3.71. The van der Waals surface area contributed by atoms with Gasteiger partial charge in [0.15, 0.2) is 0 Å². The Labute approximate surface area is 112 Å². The number of hydrogen-bond donors (Lipinski definition) is 1. The summed E-state index contributed by atoms with van der Waals surface area (Å²) in [5.74, 6) is 1.78. The molecule has 0 aliphatic carbocycles. The summed E-state index contributed by atoms with van der Waals surface area (Å²) in [5.41, 5.74) is 2.12. The zero-order valence-corrected chi connectivity index (χ0v) is 11.1. The van der Waals surface area contributed by atoms with Crippen molar-refractivity contribution >= 4 is 11.8 Å². The molecule has 1 N–H and O–H groups in total. The Bertz CT molecular complexity index is 511. The first-order valence-electron chi connectivity index (χ1n) is 5.78. The molecule has 0 fully saturated rings. The minimum atomic E-state index is 0.0864. The summed E-state index contributed by atoms with van der Waals surface area (Å²) in [6, 6.07) is 16.0. The van der Waals surface area contributed by atoms with Crippen molar-refractivity contribution in [3.05, 3.63) is 59.7 Å². The number of ether oxygens (including phenoxy) is 1. The summed E-state index contributed by atoms with van der Waals surface area (Å²) >= 11 is 1.74. The van der Waals surface area contributed by atoms with Crippen LogP contribution in [0.15, 0.2) is 53.4 Å². The van der Waals surface area contributed by atoms with Crippen LogP contribution >= 0.6 is 11.8 Å². The van der Waals surface area contributed by atoms with Crippen LogP contribution in [-0.2, 0) is 12.4 Å². The van der Waals surface area contributed by atoms with Crippen LogP contribution in [0.5, 0.6) is 5.75 Å². The second-order valence-electron chi connectivity index (χ2n) is 3.91. The molecule has 3 heteroatoms. The average Bonchev–Trinajstić information content (AvgIpc) is 2.45. The fraction of sp³-hybridized carbons (Fsp3) is 0.200. The third-order valence-electron chi connectivity index (χ3n) is 2.67. The van der Waals surface area contributed by atoms with Crippen LogP contribution in [0.3, 0.4) is 0 Å². The van der Waals surface area contributed by atoms with E-state index in [1.165, 1.54) is 5.56 Å². The molecule has 0 spiro atoms. The van der Waals surface area contributed by atoms with Crippen molar-refractivity contribution in [2.24, 2.45) is 0 Å². The molecule has 2 rings (SSSR count). The first-order valence-corrected chi connectivity index (χ1v) is 6.76. The van der Waals surface area contributed by atoms with E-state index in [0.717, 1.165) is 22.0 Å². The maximum atomic E-state index is 9.10. The highest BCUT2D eigenvalue weighted by molar-refractivity contribution is 7.98. The smallest absolute Gasteiger partial charge is 0.122 e. The van der Waals surface area contributed by atoms with Crippen LogP contribution in [0.1, 0.15) is 11.1 Å². The molecule has 18 heavy (non-hydrogen) atoms. The maximum absolute atomic E-state index is 9.10. The van der Waals surface area contributed by atoms with Gasteiger partial charge in [-0.25, -0.2) is 0 Å². The molecule has 0 bridgehead atoms. The van der Waals surface area contributed by atoms with Gasteiger partial charge >= 0.3 is 0 Å². The molecule has 0 unspecified atom stereocenters. The molecule has 0 aromatic heterocycles. The molecule has 0 aliphatic heterocycles. The summed E-state index contributed by atoms with van der Waals surface area (Å²) in [4.78, 5) is 1.16. The highest BCUT2D eigenvalue weighted by Crippen LogP contribution is 2.28. The van der Waals surface area contributed by atoms with Gasteiger partial charge in [0.05, 0.1) is 13.7 Å². The van der Waals surface area contributed by atoms with Crippen LogP contribution in [0, 0.1) is 0 Å². The molecule has 2 nitrogen and oxygen atoms in total. The predicted octanol–water partition coefficient (Wildman–Crippen LogP) is 3.48. The van der Waals surface area contributed by atoms with E-state index in [-0.39, 0.29) is 6.61 Å². The minimum Gasteiger partial charge on any atom is -0.496 e.